The molecule has 0 aromatic rings. The number of hydrogen-bond acceptors (Lipinski definition) is 2. The van der Waals surface area contributed by atoms with E-state index in [2.05, 4.69) is 33.0 Å². The Labute approximate surface area is 93.8 Å². The molecule has 0 aliphatic carbocycles. The summed E-state index contributed by atoms with van der Waals surface area (Å²) in [5.74, 6) is 0.585. The highest BCUT2D eigenvalue weighted by atomic mass is 16.1. The van der Waals surface area contributed by atoms with Crippen molar-refractivity contribution in [3.8, 4) is 0 Å². The van der Waals surface area contributed by atoms with E-state index in [-0.39, 0.29) is 11.4 Å². The molecule has 3 nitrogen and oxygen atoms in total. The maximum Gasteiger partial charge on any atom is 0.220 e. The monoisotopic (exact) mass is 214 g/mol. The molecule has 0 spiro atoms. The van der Waals surface area contributed by atoms with Gasteiger partial charge in [0.1, 0.15) is 0 Å². The first-order valence-corrected chi connectivity index (χ1v) is 6.03. The molecule has 0 aliphatic rings. The minimum Gasteiger partial charge on any atom is -0.354 e. The molecule has 0 aromatic carbocycles. The van der Waals surface area contributed by atoms with Crippen molar-refractivity contribution in [1.82, 2.24) is 5.32 Å². The van der Waals surface area contributed by atoms with E-state index >= 15 is 0 Å². The molecule has 0 saturated heterocycles. The maximum absolute atomic E-state index is 11.5. The molecular weight excluding hydrogens is 188 g/mol. The zero-order valence-corrected chi connectivity index (χ0v) is 10.6. The van der Waals surface area contributed by atoms with E-state index in [0.717, 1.165) is 19.3 Å². The average Bonchev–Trinajstić information content (AvgIpc) is 2.25. The standard InChI is InChI=1S/C12H26N2O/c1-5-10(4)8-11(15)14-9-12(13,6-2)7-3/h10H,5-9,13H2,1-4H3,(H,14,15). The van der Waals surface area contributed by atoms with Gasteiger partial charge in [0.25, 0.3) is 0 Å². The fourth-order valence-corrected chi connectivity index (χ4v) is 1.31. The second kappa shape index (κ2) is 6.83. The fourth-order valence-electron chi connectivity index (χ4n) is 1.31. The van der Waals surface area contributed by atoms with E-state index in [4.69, 9.17) is 5.73 Å². The van der Waals surface area contributed by atoms with Crippen LogP contribution in [0.1, 0.15) is 53.4 Å². The molecule has 0 bridgehead atoms. The lowest BCUT2D eigenvalue weighted by molar-refractivity contribution is -0.122. The van der Waals surface area contributed by atoms with Crippen molar-refractivity contribution in [2.75, 3.05) is 6.54 Å². The number of carbonyl (C=O) groups excluding carboxylic acids is 1. The summed E-state index contributed by atoms with van der Waals surface area (Å²) in [5.41, 5.74) is 5.86. The Hall–Kier alpha value is -0.570. The van der Waals surface area contributed by atoms with Gasteiger partial charge < -0.3 is 11.1 Å². The molecule has 3 heteroatoms. The molecule has 0 aliphatic heterocycles. The van der Waals surface area contributed by atoms with E-state index in [0.29, 0.717) is 18.9 Å². The van der Waals surface area contributed by atoms with Gasteiger partial charge >= 0.3 is 0 Å². The predicted octanol–water partition coefficient (Wildman–Crippen LogP) is 2.06. The summed E-state index contributed by atoms with van der Waals surface area (Å²) >= 11 is 0. The Balaban J connectivity index is 3.89. The van der Waals surface area contributed by atoms with Gasteiger partial charge in [0.15, 0.2) is 0 Å². The third kappa shape index (κ3) is 5.78. The molecule has 0 fully saturated rings. The van der Waals surface area contributed by atoms with Crippen molar-refractivity contribution < 1.29 is 4.79 Å². The minimum atomic E-state index is -0.231. The van der Waals surface area contributed by atoms with Gasteiger partial charge in [-0.2, -0.15) is 0 Å². The second-order valence-corrected chi connectivity index (χ2v) is 4.56. The highest BCUT2D eigenvalue weighted by Crippen LogP contribution is 2.10. The van der Waals surface area contributed by atoms with Gasteiger partial charge in [-0.15, -0.1) is 0 Å². The zero-order valence-electron chi connectivity index (χ0n) is 10.6. The molecule has 15 heavy (non-hydrogen) atoms. The SMILES string of the molecule is CCC(C)CC(=O)NCC(N)(CC)CC. The van der Waals surface area contributed by atoms with Crippen LogP contribution in [0.15, 0.2) is 0 Å². The van der Waals surface area contributed by atoms with Crippen LogP contribution >= 0.6 is 0 Å². The molecule has 0 rings (SSSR count). The van der Waals surface area contributed by atoms with Crippen molar-refractivity contribution in [2.45, 2.75) is 58.9 Å². The van der Waals surface area contributed by atoms with Crippen molar-refractivity contribution in [3.05, 3.63) is 0 Å². The first kappa shape index (κ1) is 14.4. The first-order chi connectivity index (χ1) is 6.97. The van der Waals surface area contributed by atoms with Crippen LogP contribution in [-0.4, -0.2) is 18.0 Å². The van der Waals surface area contributed by atoms with Crippen LogP contribution in [0.25, 0.3) is 0 Å². The Morgan fingerprint density at radius 3 is 2.27 bits per heavy atom. The number of nitrogens with one attached hydrogen (secondary N) is 1. The van der Waals surface area contributed by atoms with Crippen molar-refractivity contribution in [2.24, 2.45) is 11.7 Å². The number of hydrogen-bond donors (Lipinski definition) is 2. The highest BCUT2D eigenvalue weighted by Gasteiger charge is 2.20. The van der Waals surface area contributed by atoms with E-state index in [1.165, 1.54) is 0 Å². The molecule has 0 saturated carbocycles. The molecule has 0 radical (unpaired) electrons. The molecule has 0 aromatic heterocycles. The van der Waals surface area contributed by atoms with Crippen molar-refractivity contribution >= 4 is 5.91 Å². The summed E-state index contributed by atoms with van der Waals surface area (Å²) in [6.07, 6.45) is 3.45. The van der Waals surface area contributed by atoms with Crippen LogP contribution in [-0.2, 0) is 4.79 Å². The summed E-state index contributed by atoms with van der Waals surface area (Å²) in [7, 11) is 0. The molecule has 1 amide bonds. The van der Waals surface area contributed by atoms with Crippen LogP contribution in [0.4, 0.5) is 0 Å². The van der Waals surface area contributed by atoms with E-state index < -0.39 is 0 Å². The zero-order chi connectivity index (χ0) is 11.9. The summed E-state index contributed by atoms with van der Waals surface area (Å²) in [5, 5.41) is 2.93. The normalized spacial score (nSPS) is 13.7. The smallest absolute Gasteiger partial charge is 0.220 e. The van der Waals surface area contributed by atoms with Gasteiger partial charge in [-0.25, -0.2) is 0 Å². The summed E-state index contributed by atoms with van der Waals surface area (Å²) in [6, 6.07) is 0. The van der Waals surface area contributed by atoms with E-state index in [9.17, 15) is 4.79 Å². The van der Waals surface area contributed by atoms with Gasteiger partial charge in [0, 0.05) is 18.5 Å². The lowest BCUT2D eigenvalue weighted by atomic mass is 9.94. The van der Waals surface area contributed by atoms with Crippen LogP contribution in [0, 0.1) is 5.92 Å². The number of carbonyl (C=O) groups is 1. The maximum atomic E-state index is 11.5. The predicted molar refractivity (Wildman–Crippen MR) is 64.6 cm³/mol. The molecule has 0 heterocycles. The Morgan fingerprint density at radius 1 is 1.33 bits per heavy atom. The Kier molecular flexibility index (Phi) is 6.57. The number of rotatable bonds is 7. The summed E-state index contributed by atoms with van der Waals surface area (Å²) in [4.78, 5) is 11.5. The quantitative estimate of drug-likeness (QED) is 0.681. The summed E-state index contributed by atoms with van der Waals surface area (Å²) < 4.78 is 0. The molecular formula is C12H26N2O. The Morgan fingerprint density at radius 2 is 1.87 bits per heavy atom. The van der Waals surface area contributed by atoms with Crippen LogP contribution < -0.4 is 11.1 Å². The highest BCUT2D eigenvalue weighted by molar-refractivity contribution is 5.76. The minimum absolute atomic E-state index is 0.126. The third-order valence-corrected chi connectivity index (χ3v) is 3.28. The number of amides is 1. The fraction of sp³-hybridized carbons (Fsp3) is 0.917. The topological polar surface area (TPSA) is 55.1 Å². The molecule has 3 N–H and O–H groups in total. The lowest BCUT2D eigenvalue weighted by Crippen LogP contribution is -2.49. The van der Waals surface area contributed by atoms with Crippen LogP contribution in [0.2, 0.25) is 0 Å². The Bertz CT molecular complexity index is 188. The van der Waals surface area contributed by atoms with E-state index in [1.54, 1.807) is 0 Å². The second-order valence-electron chi connectivity index (χ2n) is 4.56. The van der Waals surface area contributed by atoms with E-state index in [1.807, 2.05) is 0 Å². The first-order valence-electron chi connectivity index (χ1n) is 6.03. The van der Waals surface area contributed by atoms with Gasteiger partial charge in [-0.05, 0) is 18.8 Å². The van der Waals surface area contributed by atoms with Gasteiger partial charge in [-0.1, -0.05) is 34.1 Å². The average molecular weight is 214 g/mol. The van der Waals surface area contributed by atoms with Crippen LogP contribution in [0.3, 0.4) is 0 Å². The lowest BCUT2D eigenvalue weighted by Gasteiger charge is -2.27. The molecule has 1 unspecified atom stereocenters. The molecule has 90 valence electrons. The van der Waals surface area contributed by atoms with Crippen molar-refractivity contribution in [3.63, 3.8) is 0 Å². The summed E-state index contributed by atoms with van der Waals surface area (Å²) in [6.45, 7) is 8.90. The van der Waals surface area contributed by atoms with Gasteiger partial charge in [0.05, 0.1) is 0 Å². The van der Waals surface area contributed by atoms with Crippen molar-refractivity contribution in [1.29, 1.82) is 0 Å². The molecule has 1 atom stereocenters. The van der Waals surface area contributed by atoms with Gasteiger partial charge in [-0.3, -0.25) is 4.79 Å². The third-order valence-electron chi connectivity index (χ3n) is 3.28. The largest absolute Gasteiger partial charge is 0.354 e. The number of nitrogens with two attached hydrogens (primary N) is 1. The van der Waals surface area contributed by atoms with Crippen LogP contribution in [0.5, 0.6) is 0 Å². The van der Waals surface area contributed by atoms with Gasteiger partial charge in [0.2, 0.25) is 5.91 Å².